The van der Waals surface area contributed by atoms with Crippen molar-refractivity contribution < 1.29 is 69.1 Å². The van der Waals surface area contributed by atoms with Gasteiger partial charge in [-0.15, -0.1) is 5.46 Å². The van der Waals surface area contributed by atoms with Crippen molar-refractivity contribution in [1.82, 2.24) is 9.55 Å². The summed E-state index contributed by atoms with van der Waals surface area (Å²) in [4.78, 5) is 4.03. The maximum atomic E-state index is 12.6. The molecule has 3 nitrogen and oxygen atoms in total. The van der Waals surface area contributed by atoms with Crippen LogP contribution in [0.5, 0.6) is 5.75 Å². The molecule has 2 aromatic rings. The second-order valence-electron chi connectivity index (χ2n) is 3.93. The summed E-state index contributed by atoms with van der Waals surface area (Å²) in [6, 6.07) is 3.43. The quantitative estimate of drug-likeness (QED) is 0.697. The average molecular weight is 294 g/mol. The topological polar surface area (TPSA) is 27.1 Å². The Morgan fingerprint density at radius 2 is 1.95 bits per heavy atom. The smallest absolute Gasteiger partial charge is 0.495 e. The van der Waals surface area contributed by atoms with Gasteiger partial charge in [0.25, 0.3) is 0 Å². The molecule has 0 amide bonds. The number of hydrogen-bond acceptors (Lipinski definition) is 2. The van der Waals surface area contributed by atoms with Gasteiger partial charge in [-0.2, -0.15) is 0 Å². The maximum absolute atomic E-state index is 12.6. The van der Waals surface area contributed by atoms with Crippen LogP contribution in [0.1, 0.15) is 5.69 Å². The average Bonchev–Trinajstić information content (AvgIpc) is 2.73. The SMILES string of the molecule is COc1cc([B-](F)(F)F)ccc1-n1cnc(C)c1.[K+]. The summed E-state index contributed by atoms with van der Waals surface area (Å²) in [6.07, 6.45) is 3.25. The van der Waals surface area contributed by atoms with Gasteiger partial charge in [-0.25, -0.2) is 4.98 Å². The Morgan fingerprint density at radius 1 is 1.26 bits per heavy atom. The van der Waals surface area contributed by atoms with Crippen molar-refractivity contribution in [2.75, 3.05) is 7.11 Å². The Bertz CT molecular complexity index is 571. The van der Waals surface area contributed by atoms with Crippen LogP contribution in [0, 0.1) is 6.92 Å². The molecule has 0 atom stereocenters. The number of aromatic nitrogens is 2. The number of ether oxygens (including phenoxy) is 1. The summed E-state index contributed by atoms with van der Waals surface area (Å²) in [6.45, 7) is -3.22. The third-order valence-corrected chi connectivity index (χ3v) is 2.57. The molecule has 1 heterocycles. The molecule has 19 heavy (non-hydrogen) atoms. The van der Waals surface area contributed by atoms with E-state index in [9.17, 15) is 12.9 Å². The van der Waals surface area contributed by atoms with Gasteiger partial charge in [0.15, 0.2) is 0 Å². The van der Waals surface area contributed by atoms with Crippen LogP contribution in [0.15, 0.2) is 30.7 Å². The second kappa shape index (κ2) is 6.45. The predicted molar refractivity (Wildman–Crippen MR) is 63.6 cm³/mol. The number of halogens is 3. The van der Waals surface area contributed by atoms with Gasteiger partial charge in [0.1, 0.15) is 5.75 Å². The number of methoxy groups -OCH3 is 1. The van der Waals surface area contributed by atoms with Crippen molar-refractivity contribution >= 4 is 12.4 Å². The minimum atomic E-state index is -5.02. The first-order chi connectivity index (χ1) is 8.41. The summed E-state index contributed by atoms with van der Waals surface area (Å²) in [5, 5.41) is 0. The Labute approximate surface area is 151 Å². The Hall–Kier alpha value is -0.279. The molecule has 0 aliphatic carbocycles. The van der Waals surface area contributed by atoms with Crippen LogP contribution in [-0.2, 0) is 0 Å². The van der Waals surface area contributed by atoms with E-state index in [0.717, 1.165) is 17.8 Å². The largest absolute Gasteiger partial charge is 1.00 e. The zero-order valence-electron chi connectivity index (χ0n) is 10.9. The molecule has 0 unspecified atom stereocenters. The number of aryl methyl sites for hydroxylation is 1. The number of rotatable bonds is 3. The van der Waals surface area contributed by atoms with Crippen LogP contribution >= 0.6 is 0 Å². The van der Waals surface area contributed by atoms with Gasteiger partial charge < -0.3 is 22.3 Å². The van der Waals surface area contributed by atoms with E-state index in [0.29, 0.717) is 5.69 Å². The number of nitrogens with zero attached hydrogens (tertiary/aromatic N) is 2. The fraction of sp³-hybridized carbons (Fsp3) is 0.182. The van der Waals surface area contributed by atoms with Crippen LogP contribution in [0.25, 0.3) is 5.69 Å². The zero-order valence-corrected chi connectivity index (χ0v) is 14.0. The molecule has 8 heteroatoms. The molecular weight excluding hydrogens is 283 g/mol. The number of benzene rings is 1. The van der Waals surface area contributed by atoms with Crippen molar-refractivity contribution in [3.05, 3.63) is 36.4 Å². The minimum Gasteiger partial charge on any atom is -0.495 e. The molecule has 0 aliphatic heterocycles. The van der Waals surface area contributed by atoms with Crippen LogP contribution < -0.4 is 61.6 Å². The standard InChI is InChI=1S/C11H11BF3N2O.K/c1-8-6-17(7-16-8)10-4-3-9(12(13,14)15)5-11(10)18-2;/h3-7H,1-2H3;/q-1;+1. The monoisotopic (exact) mass is 294 g/mol. The Morgan fingerprint density at radius 3 is 2.42 bits per heavy atom. The predicted octanol–water partition coefficient (Wildman–Crippen LogP) is -0.752. The van der Waals surface area contributed by atoms with Gasteiger partial charge in [-0.1, -0.05) is 6.07 Å². The summed E-state index contributed by atoms with van der Waals surface area (Å²) < 4.78 is 44.5. The maximum Gasteiger partial charge on any atom is 1.00 e. The van der Waals surface area contributed by atoms with Gasteiger partial charge in [0.2, 0.25) is 0 Å². The fourth-order valence-electron chi connectivity index (χ4n) is 1.66. The van der Waals surface area contributed by atoms with Crippen molar-refractivity contribution in [1.29, 1.82) is 0 Å². The Kier molecular flexibility index (Phi) is 5.69. The van der Waals surface area contributed by atoms with E-state index in [1.54, 1.807) is 17.7 Å². The normalized spacial score (nSPS) is 11.0. The van der Waals surface area contributed by atoms with Crippen molar-refractivity contribution in [2.24, 2.45) is 0 Å². The molecule has 0 fully saturated rings. The van der Waals surface area contributed by atoms with E-state index >= 15 is 0 Å². The van der Waals surface area contributed by atoms with Gasteiger partial charge >= 0.3 is 58.4 Å². The molecule has 0 bridgehead atoms. The molecule has 0 radical (unpaired) electrons. The van der Waals surface area contributed by atoms with Crippen LogP contribution in [0.2, 0.25) is 0 Å². The van der Waals surface area contributed by atoms with E-state index in [-0.39, 0.29) is 57.1 Å². The van der Waals surface area contributed by atoms with Crippen LogP contribution in [-0.4, -0.2) is 23.6 Å². The van der Waals surface area contributed by atoms with Crippen molar-refractivity contribution in [3.63, 3.8) is 0 Å². The molecule has 0 saturated heterocycles. The first-order valence-corrected chi connectivity index (χ1v) is 5.30. The van der Waals surface area contributed by atoms with E-state index in [1.807, 2.05) is 0 Å². The molecular formula is C11H11BF3KN2O. The van der Waals surface area contributed by atoms with Crippen LogP contribution in [0.3, 0.4) is 0 Å². The van der Waals surface area contributed by atoms with Gasteiger partial charge in [0.05, 0.1) is 24.8 Å². The van der Waals surface area contributed by atoms with Gasteiger partial charge in [-0.3, -0.25) is 0 Å². The van der Waals surface area contributed by atoms with E-state index in [4.69, 9.17) is 4.74 Å². The minimum absolute atomic E-state index is 0. The first kappa shape index (κ1) is 16.8. The van der Waals surface area contributed by atoms with E-state index < -0.39 is 12.4 Å². The summed E-state index contributed by atoms with van der Waals surface area (Å²) in [7, 11) is 1.34. The molecule has 1 aromatic carbocycles. The summed E-state index contributed by atoms with van der Waals surface area (Å²) in [5.41, 5.74) is 0.635. The van der Waals surface area contributed by atoms with E-state index in [1.165, 1.54) is 19.5 Å². The zero-order chi connectivity index (χ0) is 13.3. The first-order valence-electron chi connectivity index (χ1n) is 5.30. The van der Waals surface area contributed by atoms with E-state index in [2.05, 4.69) is 4.98 Å². The van der Waals surface area contributed by atoms with Gasteiger partial charge in [0, 0.05) is 6.20 Å². The summed E-state index contributed by atoms with van der Waals surface area (Å²) in [5.74, 6) is 0.170. The number of hydrogen-bond donors (Lipinski definition) is 0. The Balaban J connectivity index is 0.00000180. The number of imidazole rings is 1. The fourth-order valence-corrected chi connectivity index (χ4v) is 1.66. The van der Waals surface area contributed by atoms with Crippen LogP contribution in [0.4, 0.5) is 12.9 Å². The third kappa shape index (κ3) is 3.85. The third-order valence-electron chi connectivity index (χ3n) is 2.57. The molecule has 0 spiro atoms. The molecule has 0 aliphatic rings. The van der Waals surface area contributed by atoms with Gasteiger partial charge in [-0.05, 0) is 19.1 Å². The van der Waals surface area contributed by atoms with Crippen molar-refractivity contribution in [3.8, 4) is 11.4 Å². The molecule has 2 rings (SSSR count). The second-order valence-corrected chi connectivity index (χ2v) is 3.93. The molecule has 1 aromatic heterocycles. The molecule has 96 valence electrons. The van der Waals surface area contributed by atoms with Crippen molar-refractivity contribution in [2.45, 2.75) is 6.92 Å². The molecule has 0 N–H and O–H groups in total. The summed E-state index contributed by atoms with van der Waals surface area (Å²) >= 11 is 0. The molecule has 0 saturated carbocycles.